The van der Waals surface area contributed by atoms with E-state index in [0.717, 1.165) is 12.0 Å². The molecule has 0 aliphatic carbocycles. The Morgan fingerprint density at radius 3 is 2.35 bits per heavy atom. The second-order valence-corrected chi connectivity index (χ2v) is 5.77. The first kappa shape index (κ1) is 14.2. The van der Waals surface area contributed by atoms with Gasteiger partial charge < -0.3 is 5.11 Å². The molecule has 1 rings (SSSR count). The van der Waals surface area contributed by atoms with Gasteiger partial charge in [-0.25, -0.2) is 13.1 Å². The summed E-state index contributed by atoms with van der Waals surface area (Å²) in [5.74, 6) is 0.428. The third-order valence-electron chi connectivity index (χ3n) is 2.78. The standard InChI is InChI=1S/C12H19NO3S/c1-3-10(2)11-4-6-12(7-5-11)17(15,16)13-8-9-14/h4-7,10,13-14H,3,8-9H2,1-2H3. The van der Waals surface area contributed by atoms with Gasteiger partial charge in [-0.05, 0) is 30.0 Å². The lowest BCUT2D eigenvalue weighted by Gasteiger charge is -2.10. The van der Waals surface area contributed by atoms with Crippen molar-refractivity contribution in [1.82, 2.24) is 4.72 Å². The molecule has 0 heterocycles. The molecule has 1 aromatic carbocycles. The summed E-state index contributed by atoms with van der Waals surface area (Å²) in [4.78, 5) is 0.234. The highest BCUT2D eigenvalue weighted by atomic mass is 32.2. The highest BCUT2D eigenvalue weighted by Crippen LogP contribution is 2.20. The number of hydrogen-bond donors (Lipinski definition) is 2. The maximum absolute atomic E-state index is 11.7. The van der Waals surface area contributed by atoms with E-state index in [4.69, 9.17) is 5.11 Å². The molecule has 96 valence electrons. The van der Waals surface area contributed by atoms with Crippen LogP contribution < -0.4 is 4.72 Å². The van der Waals surface area contributed by atoms with E-state index in [-0.39, 0.29) is 18.0 Å². The van der Waals surface area contributed by atoms with Crippen molar-refractivity contribution in [2.24, 2.45) is 0 Å². The van der Waals surface area contributed by atoms with Gasteiger partial charge in [0, 0.05) is 6.54 Å². The molecule has 0 amide bonds. The molecular weight excluding hydrogens is 238 g/mol. The van der Waals surface area contributed by atoms with Crippen LogP contribution in [0.2, 0.25) is 0 Å². The van der Waals surface area contributed by atoms with Crippen LogP contribution in [0.5, 0.6) is 0 Å². The average Bonchev–Trinajstić information content (AvgIpc) is 2.35. The van der Waals surface area contributed by atoms with Crippen molar-refractivity contribution in [3.05, 3.63) is 29.8 Å². The zero-order valence-corrected chi connectivity index (χ0v) is 11.0. The van der Waals surface area contributed by atoms with Gasteiger partial charge in [0.2, 0.25) is 10.0 Å². The molecule has 0 bridgehead atoms. The fourth-order valence-corrected chi connectivity index (χ4v) is 2.50. The first-order chi connectivity index (χ1) is 8.01. The molecule has 0 saturated carbocycles. The van der Waals surface area contributed by atoms with Crippen LogP contribution in [0.1, 0.15) is 31.7 Å². The quantitative estimate of drug-likeness (QED) is 0.811. The largest absolute Gasteiger partial charge is 0.395 e. The van der Waals surface area contributed by atoms with E-state index in [2.05, 4.69) is 18.6 Å². The SMILES string of the molecule is CCC(C)c1ccc(S(=O)(=O)NCCO)cc1. The Hall–Kier alpha value is -0.910. The summed E-state index contributed by atoms with van der Waals surface area (Å²) in [7, 11) is -3.48. The molecule has 1 unspecified atom stereocenters. The van der Waals surface area contributed by atoms with Gasteiger partial charge in [-0.2, -0.15) is 0 Å². The summed E-state index contributed by atoms with van der Waals surface area (Å²) in [5.41, 5.74) is 1.13. The molecule has 2 N–H and O–H groups in total. The predicted molar refractivity (Wildman–Crippen MR) is 67.4 cm³/mol. The van der Waals surface area contributed by atoms with E-state index in [1.165, 1.54) is 0 Å². The second kappa shape index (κ2) is 6.14. The van der Waals surface area contributed by atoms with Gasteiger partial charge in [0.25, 0.3) is 0 Å². The number of rotatable bonds is 6. The Labute approximate surface area is 103 Å². The molecule has 0 fully saturated rings. The zero-order valence-electron chi connectivity index (χ0n) is 10.2. The number of sulfonamides is 1. The molecule has 1 aromatic rings. The summed E-state index contributed by atoms with van der Waals surface area (Å²) in [6, 6.07) is 6.87. The van der Waals surface area contributed by atoms with Crippen molar-refractivity contribution >= 4 is 10.0 Å². The first-order valence-corrected chi connectivity index (χ1v) is 7.20. The van der Waals surface area contributed by atoms with Crippen LogP contribution in [0, 0.1) is 0 Å². The van der Waals surface area contributed by atoms with Crippen molar-refractivity contribution < 1.29 is 13.5 Å². The Bertz CT molecular complexity index is 439. The van der Waals surface area contributed by atoms with Gasteiger partial charge in [-0.1, -0.05) is 26.0 Å². The lowest BCUT2D eigenvalue weighted by molar-refractivity contribution is 0.301. The van der Waals surface area contributed by atoms with Gasteiger partial charge in [-0.15, -0.1) is 0 Å². The molecule has 17 heavy (non-hydrogen) atoms. The van der Waals surface area contributed by atoms with Crippen LogP contribution in [0.25, 0.3) is 0 Å². The Balaban J connectivity index is 2.87. The summed E-state index contributed by atoms with van der Waals surface area (Å²) in [5, 5.41) is 8.60. The fourth-order valence-electron chi connectivity index (χ4n) is 1.47. The van der Waals surface area contributed by atoms with Crippen LogP contribution in [0.4, 0.5) is 0 Å². The van der Waals surface area contributed by atoms with Crippen LogP contribution in [-0.4, -0.2) is 26.7 Å². The van der Waals surface area contributed by atoms with Gasteiger partial charge >= 0.3 is 0 Å². The number of aliphatic hydroxyl groups is 1. The minimum atomic E-state index is -3.48. The lowest BCUT2D eigenvalue weighted by atomic mass is 9.99. The number of hydrogen-bond acceptors (Lipinski definition) is 3. The lowest BCUT2D eigenvalue weighted by Crippen LogP contribution is -2.26. The zero-order chi connectivity index (χ0) is 12.9. The maximum Gasteiger partial charge on any atom is 0.240 e. The minimum absolute atomic E-state index is 0.0372. The normalized spacial score (nSPS) is 13.6. The monoisotopic (exact) mass is 257 g/mol. The second-order valence-electron chi connectivity index (χ2n) is 4.00. The van der Waals surface area contributed by atoms with E-state index in [0.29, 0.717) is 5.92 Å². The topological polar surface area (TPSA) is 66.4 Å². The number of nitrogens with one attached hydrogen (secondary N) is 1. The van der Waals surface area contributed by atoms with Crippen molar-refractivity contribution in [3.8, 4) is 0 Å². The van der Waals surface area contributed by atoms with Crippen molar-refractivity contribution in [2.75, 3.05) is 13.2 Å². The number of benzene rings is 1. The summed E-state index contributed by atoms with van der Waals surface area (Å²) in [6.07, 6.45) is 1.02. The Morgan fingerprint density at radius 1 is 1.29 bits per heavy atom. The Morgan fingerprint density at radius 2 is 1.88 bits per heavy atom. The van der Waals surface area contributed by atoms with Gasteiger partial charge in [0.05, 0.1) is 11.5 Å². The molecule has 4 nitrogen and oxygen atoms in total. The number of aliphatic hydroxyl groups excluding tert-OH is 1. The highest BCUT2D eigenvalue weighted by molar-refractivity contribution is 7.89. The molecule has 0 spiro atoms. The van der Waals surface area contributed by atoms with Crippen molar-refractivity contribution in [2.45, 2.75) is 31.1 Å². The summed E-state index contributed by atoms with van der Waals surface area (Å²) >= 11 is 0. The van der Waals surface area contributed by atoms with E-state index < -0.39 is 10.0 Å². The van der Waals surface area contributed by atoms with Crippen LogP contribution >= 0.6 is 0 Å². The predicted octanol–water partition coefficient (Wildman–Crippen LogP) is 1.47. The molecule has 0 aliphatic heterocycles. The molecular formula is C12H19NO3S. The summed E-state index contributed by atoms with van der Waals surface area (Å²) in [6.45, 7) is 4.03. The first-order valence-electron chi connectivity index (χ1n) is 5.71. The Kier molecular flexibility index (Phi) is 5.11. The van der Waals surface area contributed by atoms with E-state index in [9.17, 15) is 8.42 Å². The molecule has 0 aliphatic rings. The van der Waals surface area contributed by atoms with Crippen molar-refractivity contribution in [1.29, 1.82) is 0 Å². The minimum Gasteiger partial charge on any atom is -0.395 e. The van der Waals surface area contributed by atoms with E-state index in [1.807, 2.05) is 12.1 Å². The molecule has 0 radical (unpaired) electrons. The fraction of sp³-hybridized carbons (Fsp3) is 0.500. The van der Waals surface area contributed by atoms with E-state index >= 15 is 0 Å². The van der Waals surface area contributed by atoms with Gasteiger partial charge in [0.1, 0.15) is 0 Å². The van der Waals surface area contributed by atoms with Crippen LogP contribution in [0.15, 0.2) is 29.2 Å². The third kappa shape index (κ3) is 3.80. The molecule has 0 saturated heterocycles. The van der Waals surface area contributed by atoms with Crippen LogP contribution in [-0.2, 0) is 10.0 Å². The van der Waals surface area contributed by atoms with Gasteiger partial charge in [-0.3, -0.25) is 0 Å². The summed E-state index contributed by atoms with van der Waals surface area (Å²) < 4.78 is 25.7. The molecule has 5 heteroatoms. The molecule has 0 aromatic heterocycles. The maximum atomic E-state index is 11.7. The smallest absolute Gasteiger partial charge is 0.240 e. The molecule has 1 atom stereocenters. The van der Waals surface area contributed by atoms with E-state index in [1.54, 1.807) is 12.1 Å². The highest BCUT2D eigenvalue weighted by Gasteiger charge is 2.13. The van der Waals surface area contributed by atoms with Crippen LogP contribution in [0.3, 0.4) is 0 Å². The van der Waals surface area contributed by atoms with Gasteiger partial charge in [0.15, 0.2) is 0 Å². The third-order valence-corrected chi connectivity index (χ3v) is 4.25. The van der Waals surface area contributed by atoms with Crippen molar-refractivity contribution in [3.63, 3.8) is 0 Å². The average molecular weight is 257 g/mol.